The Labute approximate surface area is 125 Å². The van der Waals surface area contributed by atoms with Crippen LogP contribution in [0.4, 0.5) is 5.69 Å². The smallest absolute Gasteiger partial charge is 0.242 e. The van der Waals surface area contributed by atoms with Crippen molar-refractivity contribution in [1.29, 1.82) is 0 Å². The Morgan fingerprint density at radius 3 is 2.67 bits per heavy atom. The number of anilines is 1. The summed E-state index contributed by atoms with van der Waals surface area (Å²) in [6.07, 6.45) is 3.66. The van der Waals surface area contributed by atoms with Crippen LogP contribution >= 0.6 is 0 Å². The van der Waals surface area contributed by atoms with E-state index < -0.39 is 10.0 Å². The lowest BCUT2D eigenvalue weighted by atomic mass is 10.2. The van der Waals surface area contributed by atoms with E-state index in [1.54, 1.807) is 36.0 Å². The van der Waals surface area contributed by atoms with Gasteiger partial charge in [-0.3, -0.25) is 4.68 Å². The summed E-state index contributed by atoms with van der Waals surface area (Å²) in [5, 5.41) is 7.36. The molecule has 0 aliphatic heterocycles. The molecule has 1 heterocycles. The predicted octanol–water partition coefficient (Wildman–Crippen LogP) is 1.89. The van der Waals surface area contributed by atoms with Gasteiger partial charge in [-0.25, -0.2) is 13.1 Å². The Balaban J connectivity index is 2.29. The van der Waals surface area contributed by atoms with Crippen LogP contribution in [0.25, 0.3) is 0 Å². The molecule has 0 bridgehead atoms. The van der Waals surface area contributed by atoms with E-state index in [1.165, 1.54) is 0 Å². The van der Waals surface area contributed by atoms with E-state index >= 15 is 0 Å². The third kappa shape index (κ3) is 3.62. The predicted molar refractivity (Wildman–Crippen MR) is 82.6 cm³/mol. The zero-order valence-corrected chi connectivity index (χ0v) is 13.2. The fraction of sp³-hybridized carbons (Fsp3) is 0.357. The van der Waals surface area contributed by atoms with Crippen LogP contribution in [-0.4, -0.2) is 24.7 Å². The Kier molecular flexibility index (Phi) is 4.64. The van der Waals surface area contributed by atoms with Gasteiger partial charge in [-0.15, -0.1) is 0 Å². The Hall–Kier alpha value is -1.86. The lowest BCUT2D eigenvalue weighted by Gasteiger charge is -2.17. The molecule has 2 rings (SSSR count). The van der Waals surface area contributed by atoms with Gasteiger partial charge in [0.1, 0.15) is 4.90 Å². The fourth-order valence-corrected chi connectivity index (χ4v) is 3.28. The number of aromatic nitrogens is 2. The highest BCUT2D eigenvalue weighted by Crippen LogP contribution is 2.25. The van der Waals surface area contributed by atoms with Crippen molar-refractivity contribution in [3.63, 3.8) is 0 Å². The average Bonchev–Trinajstić information content (AvgIpc) is 2.86. The van der Waals surface area contributed by atoms with Crippen molar-refractivity contribution in [2.24, 2.45) is 7.05 Å². The molecule has 0 spiro atoms. The summed E-state index contributed by atoms with van der Waals surface area (Å²) in [6, 6.07) is 6.83. The van der Waals surface area contributed by atoms with Gasteiger partial charge in [-0.2, -0.15) is 5.10 Å². The van der Waals surface area contributed by atoms with Gasteiger partial charge in [-0.05, 0) is 19.1 Å². The van der Waals surface area contributed by atoms with Crippen LogP contribution in [-0.2, 0) is 17.1 Å². The van der Waals surface area contributed by atoms with Gasteiger partial charge < -0.3 is 5.32 Å². The van der Waals surface area contributed by atoms with E-state index in [9.17, 15) is 8.42 Å². The van der Waals surface area contributed by atoms with Crippen molar-refractivity contribution < 1.29 is 8.42 Å². The highest BCUT2D eigenvalue weighted by atomic mass is 32.2. The van der Waals surface area contributed by atoms with Crippen molar-refractivity contribution in [1.82, 2.24) is 14.5 Å². The molecule has 6 nitrogen and oxygen atoms in total. The van der Waals surface area contributed by atoms with E-state index in [0.29, 0.717) is 12.2 Å². The zero-order chi connectivity index (χ0) is 15.5. The summed E-state index contributed by atoms with van der Waals surface area (Å²) in [5.74, 6) is 0. The lowest BCUT2D eigenvalue weighted by molar-refractivity contribution is 0.584. The number of hydrogen-bond acceptors (Lipinski definition) is 4. The SMILES string of the molecule is CCNS(=O)(=O)c1ccccc1NC(C)c1cnn(C)c1. The first kappa shape index (κ1) is 15.5. The van der Waals surface area contributed by atoms with Gasteiger partial charge in [0.15, 0.2) is 0 Å². The largest absolute Gasteiger partial charge is 0.377 e. The lowest BCUT2D eigenvalue weighted by Crippen LogP contribution is -2.24. The number of rotatable bonds is 6. The molecule has 1 aromatic carbocycles. The van der Waals surface area contributed by atoms with Gasteiger partial charge in [0.25, 0.3) is 0 Å². The highest BCUT2D eigenvalue weighted by Gasteiger charge is 2.18. The summed E-state index contributed by atoms with van der Waals surface area (Å²) in [7, 11) is -1.65. The number of nitrogens with one attached hydrogen (secondary N) is 2. The normalized spacial score (nSPS) is 13.1. The number of nitrogens with zero attached hydrogens (tertiary/aromatic N) is 2. The first-order valence-corrected chi connectivity index (χ1v) is 8.26. The second kappa shape index (κ2) is 6.28. The number of hydrogen-bond donors (Lipinski definition) is 2. The standard InChI is InChI=1S/C14H20N4O2S/c1-4-16-21(19,20)14-8-6-5-7-13(14)17-11(2)12-9-15-18(3)10-12/h5-11,16-17H,4H2,1-3H3. The molecule has 7 heteroatoms. The molecule has 114 valence electrons. The quantitative estimate of drug-likeness (QED) is 0.854. The molecule has 0 aliphatic carbocycles. The average molecular weight is 308 g/mol. The van der Waals surface area contributed by atoms with Crippen LogP contribution in [0.1, 0.15) is 25.5 Å². The maximum absolute atomic E-state index is 12.2. The van der Waals surface area contributed by atoms with Crippen molar-refractivity contribution in [2.75, 3.05) is 11.9 Å². The van der Waals surface area contributed by atoms with E-state index in [-0.39, 0.29) is 10.9 Å². The fourth-order valence-electron chi connectivity index (χ4n) is 2.07. The van der Waals surface area contributed by atoms with Crippen LogP contribution in [0.2, 0.25) is 0 Å². The van der Waals surface area contributed by atoms with Crippen LogP contribution in [0, 0.1) is 0 Å². The first-order chi connectivity index (χ1) is 9.94. The minimum Gasteiger partial charge on any atom is -0.377 e. The van der Waals surface area contributed by atoms with Gasteiger partial charge in [0.05, 0.1) is 17.9 Å². The zero-order valence-electron chi connectivity index (χ0n) is 12.4. The molecule has 2 aromatic rings. The maximum atomic E-state index is 12.2. The third-order valence-electron chi connectivity index (χ3n) is 3.11. The monoisotopic (exact) mass is 308 g/mol. The van der Waals surface area contributed by atoms with E-state index in [1.807, 2.05) is 26.2 Å². The number of aryl methyl sites for hydroxylation is 1. The number of benzene rings is 1. The second-order valence-corrected chi connectivity index (χ2v) is 6.55. The van der Waals surface area contributed by atoms with Gasteiger partial charge in [-0.1, -0.05) is 19.1 Å². The van der Waals surface area contributed by atoms with Gasteiger partial charge in [0.2, 0.25) is 10.0 Å². The van der Waals surface area contributed by atoms with Crippen molar-refractivity contribution in [2.45, 2.75) is 24.8 Å². The summed E-state index contributed by atoms with van der Waals surface area (Å²) in [6.45, 7) is 4.08. The van der Waals surface area contributed by atoms with Gasteiger partial charge >= 0.3 is 0 Å². The molecule has 2 N–H and O–H groups in total. The summed E-state index contributed by atoms with van der Waals surface area (Å²) in [5.41, 5.74) is 1.57. The van der Waals surface area contributed by atoms with Crippen molar-refractivity contribution in [3.8, 4) is 0 Å². The molecule has 0 saturated heterocycles. The Bertz CT molecular complexity index is 709. The van der Waals surface area contributed by atoms with Gasteiger partial charge in [0, 0.05) is 25.4 Å². The van der Waals surface area contributed by atoms with Crippen LogP contribution < -0.4 is 10.0 Å². The van der Waals surface area contributed by atoms with E-state index in [0.717, 1.165) is 5.56 Å². The van der Waals surface area contributed by atoms with Crippen molar-refractivity contribution >= 4 is 15.7 Å². The molecule has 1 atom stereocenters. The molecule has 0 fully saturated rings. The Morgan fingerprint density at radius 2 is 2.05 bits per heavy atom. The molecule has 21 heavy (non-hydrogen) atoms. The van der Waals surface area contributed by atoms with E-state index in [2.05, 4.69) is 15.1 Å². The minimum absolute atomic E-state index is 0.0447. The van der Waals surface area contributed by atoms with Crippen LogP contribution in [0.15, 0.2) is 41.6 Å². The molecule has 0 radical (unpaired) electrons. The molecule has 1 unspecified atom stereocenters. The summed E-state index contributed by atoms with van der Waals surface area (Å²) in [4.78, 5) is 0.252. The molecular weight excluding hydrogens is 288 g/mol. The van der Waals surface area contributed by atoms with E-state index in [4.69, 9.17) is 0 Å². The number of sulfonamides is 1. The molecule has 0 saturated carbocycles. The van der Waals surface area contributed by atoms with Crippen LogP contribution in [0.3, 0.4) is 0 Å². The molecular formula is C14H20N4O2S. The maximum Gasteiger partial charge on any atom is 0.242 e. The topological polar surface area (TPSA) is 76.0 Å². The molecule has 0 amide bonds. The summed E-state index contributed by atoms with van der Waals surface area (Å²) < 4.78 is 28.6. The highest BCUT2D eigenvalue weighted by molar-refractivity contribution is 7.89. The molecule has 1 aromatic heterocycles. The molecule has 0 aliphatic rings. The first-order valence-electron chi connectivity index (χ1n) is 6.78. The van der Waals surface area contributed by atoms with Crippen molar-refractivity contribution in [3.05, 3.63) is 42.2 Å². The third-order valence-corrected chi connectivity index (χ3v) is 4.71. The summed E-state index contributed by atoms with van der Waals surface area (Å²) >= 11 is 0. The Morgan fingerprint density at radius 1 is 1.33 bits per heavy atom. The second-order valence-electron chi connectivity index (χ2n) is 4.81. The van der Waals surface area contributed by atoms with Crippen LogP contribution in [0.5, 0.6) is 0 Å². The number of para-hydroxylation sites is 1. The minimum atomic E-state index is -3.50.